The Labute approximate surface area is 294 Å². The molecule has 0 saturated carbocycles. The van der Waals surface area contributed by atoms with Gasteiger partial charge >= 0.3 is 12.1 Å². The largest absolute Gasteiger partial charge is 0.444 e. The number of ether oxygens (including phenoxy) is 4. The number of hydrogen-bond acceptors (Lipinski definition) is 11. The van der Waals surface area contributed by atoms with Gasteiger partial charge in [-0.1, -0.05) is 32.9 Å². The lowest BCUT2D eigenvalue weighted by atomic mass is 9.87. The predicted octanol–water partition coefficient (Wildman–Crippen LogP) is 4.55. The van der Waals surface area contributed by atoms with Crippen molar-refractivity contribution in [1.82, 2.24) is 35.1 Å². The summed E-state index contributed by atoms with van der Waals surface area (Å²) in [5.41, 5.74) is 8.49. The van der Waals surface area contributed by atoms with Crippen molar-refractivity contribution in [3.8, 4) is 0 Å². The molecule has 2 aliphatic heterocycles. The van der Waals surface area contributed by atoms with E-state index < -0.39 is 29.8 Å². The Morgan fingerprint density at radius 3 is 2.28 bits per heavy atom. The third-order valence-electron chi connectivity index (χ3n) is 8.49. The lowest BCUT2D eigenvalue weighted by Gasteiger charge is -2.29. The molecule has 274 valence electrons. The van der Waals surface area contributed by atoms with Crippen LogP contribution in [0.3, 0.4) is 0 Å². The fourth-order valence-corrected chi connectivity index (χ4v) is 6.18. The maximum absolute atomic E-state index is 12.7. The zero-order valence-corrected chi connectivity index (χ0v) is 30.5. The number of nitrogen functional groups attached to an aromatic ring is 1. The second-order valence-electron chi connectivity index (χ2n) is 15.4. The number of amides is 3. The van der Waals surface area contributed by atoms with Gasteiger partial charge in [0, 0.05) is 25.3 Å². The molecule has 2 aliphatic rings. The van der Waals surface area contributed by atoms with Crippen LogP contribution in [0.15, 0.2) is 36.9 Å². The van der Waals surface area contributed by atoms with Crippen LogP contribution in [-0.2, 0) is 24.4 Å². The summed E-state index contributed by atoms with van der Waals surface area (Å²) in [5, 5.41) is 8.72. The fourth-order valence-electron chi connectivity index (χ4n) is 6.18. The van der Waals surface area contributed by atoms with Crippen LogP contribution < -0.4 is 21.7 Å². The van der Waals surface area contributed by atoms with E-state index in [0.717, 1.165) is 5.69 Å². The predicted molar refractivity (Wildman–Crippen MR) is 190 cm³/mol. The Bertz CT molecular complexity index is 1620. The minimum Gasteiger partial charge on any atom is -0.444 e. The summed E-state index contributed by atoms with van der Waals surface area (Å²) in [6.45, 7) is 18.5. The number of anilines is 2. The van der Waals surface area contributed by atoms with Gasteiger partial charge in [0.15, 0.2) is 23.5 Å². The third kappa shape index (κ3) is 9.59. The number of alkyl carbamates (subject to hydrolysis) is 1. The molecule has 0 spiro atoms. The van der Waals surface area contributed by atoms with E-state index in [1.54, 1.807) is 6.33 Å². The van der Waals surface area contributed by atoms with Crippen molar-refractivity contribution in [3.63, 3.8) is 0 Å². The first-order chi connectivity index (χ1) is 23.5. The topological polar surface area (TPSA) is 180 Å². The monoisotopic (exact) mass is 695 g/mol. The number of nitrogens with two attached hydrogens (primary N) is 1. The van der Waals surface area contributed by atoms with Crippen molar-refractivity contribution in [1.29, 1.82) is 0 Å². The van der Waals surface area contributed by atoms with Crippen molar-refractivity contribution in [2.45, 2.75) is 110 Å². The Morgan fingerprint density at radius 1 is 0.960 bits per heavy atom. The van der Waals surface area contributed by atoms with Crippen LogP contribution in [0.4, 0.5) is 21.1 Å². The smallest absolute Gasteiger partial charge is 0.407 e. The van der Waals surface area contributed by atoms with Crippen molar-refractivity contribution in [3.05, 3.63) is 42.5 Å². The number of nitrogens with zero attached hydrogens (tertiary/aromatic N) is 5. The lowest BCUT2D eigenvalue weighted by Crippen LogP contribution is -2.42. The van der Waals surface area contributed by atoms with Crippen molar-refractivity contribution in [2.24, 2.45) is 0 Å². The van der Waals surface area contributed by atoms with Crippen molar-refractivity contribution < 1.29 is 28.5 Å². The first-order valence-electron chi connectivity index (χ1n) is 17.3. The van der Waals surface area contributed by atoms with E-state index in [4.69, 9.17) is 24.7 Å². The Kier molecular flexibility index (Phi) is 11.2. The van der Waals surface area contributed by atoms with Crippen LogP contribution >= 0.6 is 0 Å². The van der Waals surface area contributed by atoms with Gasteiger partial charge in [0.05, 0.1) is 6.33 Å². The molecule has 4 atom stereocenters. The summed E-state index contributed by atoms with van der Waals surface area (Å²) >= 11 is 0. The van der Waals surface area contributed by atoms with Gasteiger partial charge in [0.2, 0.25) is 0 Å². The quantitative estimate of drug-likeness (QED) is 0.195. The van der Waals surface area contributed by atoms with E-state index in [0.29, 0.717) is 56.7 Å². The molecular weight excluding hydrogens is 642 g/mol. The third-order valence-corrected chi connectivity index (χ3v) is 8.49. The second kappa shape index (κ2) is 15.1. The molecule has 3 amide bonds. The summed E-state index contributed by atoms with van der Waals surface area (Å²) in [6.07, 6.45) is 2.28. The number of hydrogen-bond donors (Lipinski definition) is 4. The van der Waals surface area contributed by atoms with E-state index in [1.807, 2.05) is 63.5 Å². The van der Waals surface area contributed by atoms with Crippen molar-refractivity contribution >= 4 is 34.8 Å². The highest BCUT2D eigenvalue weighted by Crippen LogP contribution is 2.44. The molecule has 0 aliphatic carbocycles. The van der Waals surface area contributed by atoms with Crippen LogP contribution in [0, 0.1) is 0 Å². The van der Waals surface area contributed by atoms with E-state index in [9.17, 15) is 9.59 Å². The molecule has 4 heterocycles. The number of fused-ring (bicyclic) bond motifs is 2. The van der Waals surface area contributed by atoms with Gasteiger partial charge in [-0.05, 0) is 83.7 Å². The highest BCUT2D eigenvalue weighted by atomic mass is 16.8. The number of carbonyl (C=O) groups excluding carboxylic acids is 2. The Hall–Kier alpha value is -4.05. The van der Waals surface area contributed by atoms with Crippen LogP contribution in [-0.4, -0.2) is 99.0 Å². The molecule has 2 saturated heterocycles. The number of urea groups is 1. The van der Waals surface area contributed by atoms with Gasteiger partial charge in [-0.2, -0.15) is 0 Å². The summed E-state index contributed by atoms with van der Waals surface area (Å²) in [7, 11) is 0. The lowest BCUT2D eigenvalue weighted by molar-refractivity contribution is -0.198. The number of benzene rings is 1. The van der Waals surface area contributed by atoms with Gasteiger partial charge < -0.3 is 45.5 Å². The molecule has 50 heavy (non-hydrogen) atoms. The average Bonchev–Trinajstić information content (AvgIpc) is 3.68. The number of carbonyl (C=O) groups is 2. The van der Waals surface area contributed by atoms with Gasteiger partial charge in [-0.15, -0.1) is 0 Å². The molecule has 15 heteroatoms. The SMILES string of the molecule is CC(C)(C)OC(=O)NCCCN(CCCNC(=O)Nc1ccc(C(C)(C)C)cc1)CC1OC(n2cnc3c(N)ncnc32)C2OC(C)(C)OC12. The Balaban J connectivity index is 1.21. The fraction of sp³-hybridized carbons (Fsp3) is 0.629. The first kappa shape index (κ1) is 37.2. The zero-order valence-electron chi connectivity index (χ0n) is 30.5. The highest BCUT2D eigenvalue weighted by Gasteiger charge is 2.56. The molecule has 2 aromatic heterocycles. The van der Waals surface area contributed by atoms with E-state index >= 15 is 0 Å². The van der Waals surface area contributed by atoms with Crippen LogP contribution in [0.5, 0.6) is 0 Å². The van der Waals surface area contributed by atoms with Gasteiger partial charge in [0.1, 0.15) is 35.8 Å². The Morgan fingerprint density at radius 2 is 1.62 bits per heavy atom. The summed E-state index contributed by atoms with van der Waals surface area (Å²) in [6, 6.07) is 7.63. The summed E-state index contributed by atoms with van der Waals surface area (Å²) in [5.74, 6) is -0.525. The maximum atomic E-state index is 12.7. The summed E-state index contributed by atoms with van der Waals surface area (Å²) in [4.78, 5) is 40.1. The van der Waals surface area contributed by atoms with Crippen LogP contribution in [0.25, 0.3) is 11.2 Å². The number of imidazole rings is 1. The van der Waals surface area contributed by atoms with Gasteiger partial charge in [0.25, 0.3) is 0 Å². The molecule has 4 unspecified atom stereocenters. The zero-order chi connectivity index (χ0) is 36.3. The standard InChI is InChI=1S/C35H53N9O6/c1-33(2,3)22-11-13-23(14-12-22)42-31(45)37-15-9-17-43(18-10-16-38-32(46)50-34(4,5)6)19-24-26-27(49-35(7,8)48-26)30(47-24)44-21-41-25-28(36)39-20-40-29(25)44/h11-14,20-21,24,26-27,30H,9-10,15-19H2,1-8H3,(H,38,46)(H2,36,39,40)(H2,37,42,45). The average molecular weight is 696 g/mol. The molecular formula is C35H53N9O6. The molecule has 5 rings (SSSR count). The number of nitrogens with one attached hydrogen (secondary N) is 3. The van der Waals surface area contributed by atoms with Gasteiger partial charge in [-0.25, -0.2) is 24.5 Å². The molecule has 15 nitrogen and oxygen atoms in total. The number of aromatic nitrogens is 4. The van der Waals surface area contributed by atoms with Crippen molar-refractivity contribution in [2.75, 3.05) is 43.8 Å². The maximum Gasteiger partial charge on any atom is 0.407 e. The minimum atomic E-state index is -0.813. The molecule has 3 aromatic rings. The van der Waals surface area contributed by atoms with Gasteiger partial charge in [-0.3, -0.25) is 4.57 Å². The second-order valence-corrected chi connectivity index (χ2v) is 15.4. The van der Waals surface area contributed by atoms with E-state index in [2.05, 4.69) is 56.6 Å². The molecule has 0 bridgehead atoms. The van der Waals surface area contributed by atoms with Crippen LogP contribution in [0.2, 0.25) is 0 Å². The van der Waals surface area contributed by atoms with Crippen LogP contribution in [0.1, 0.15) is 80.0 Å². The molecule has 2 fully saturated rings. The summed E-state index contributed by atoms with van der Waals surface area (Å²) < 4.78 is 26.6. The molecule has 0 radical (unpaired) electrons. The highest BCUT2D eigenvalue weighted by molar-refractivity contribution is 5.89. The number of rotatable bonds is 12. The molecule has 5 N–H and O–H groups in total. The normalized spacial score (nSPS) is 21.7. The van der Waals surface area contributed by atoms with E-state index in [-0.39, 0.29) is 29.5 Å². The minimum absolute atomic E-state index is 0.0360. The molecule has 1 aromatic carbocycles. The van der Waals surface area contributed by atoms with E-state index in [1.165, 1.54) is 11.9 Å². The first-order valence-corrected chi connectivity index (χ1v) is 17.3.